The lowest BCUT2D eigenvalue weighted by molar-refractivity contribution is 0.224. The maximum absolute atomic E-state index is 6.35. The summed E-state index contributed by atoms with van der Waals surface area (Å²) in [6.07, 6.45) is 9.06. The second-order valence-corrected chi connectivity index (χ2v) is 7.50. The van der Waals surface area contributed by atoms with Crippen LogP contribution in [0, 0.1) is 0 Å². The maximum atomic E-state index is 6.35. The van der Waals surface area contributed by atoms with Crippen molar-refractivity contribution in [2.75, 3.05) is 0 Å². The number of nitrogens with zero attached hydrogens (tertiary/aromatic N) is 2. The van der Waals surface area contributed by atoms with Crippen LogP contribution in [0.5, 0.6) is 0 Å². The monoisotopic (exact) mass is 303 g/mol. The molecule has 2 aromatic heterocycles. The van der Waals surface area contributed by atoms with Gasteiger partial charge in [0.2, 0.25) is 5.89 Å². The third-order valence-electron chi connectivity index (χ3n) is 5.23. The third-order valence-corrected chi connectivity index (χ3v) is 6.30. The van der Waals surface area contributed by atoms with Crippen molar-refractivity contribution < 1.29 is 4.52 Å². The van der Waals surface area contributed by atoms with Gasteiger partial charge in [0, 0.05) is 4.88 Å². The van der Waals surface area contributed by atoms with Crippen LogP contribution in [0.25, 0.3) is 0 Å². The standard InChI is InChI=1S/C16H21N3OS/c17-16(9-5-10-16)13-18-14(20-19-13)15(7-2-1-3-8-15)12-6-4-11-21-12/h4,6,11H,1-3,5,7-10,17H2. The van der Waals surface area contributed by atoms with E-state index in [1.807, 2.05) is 0 Å². The highest BCUT2D eigenvalue weighted by Gasteiger charge is 2.45. The van der Waals surface area contributed by atoms with Gasteiger partial charge in [-0.2, -0.15) is 4.98 Å². The molecule has 2 saturated carbocycles. The van der Waals surface area contributed by atoms with Gasteiger partial charge in [-0.15, -0.1) is 11.3 Å². The number of hydrogen-bond acceptors (Lipinski definition) is 5. The molecule has 0 bridgehead atoms. The lowest BCUT2D eigenvalue weighted by Gasteiger charge is -2.35. The first kappa shape index (κ1) is 13.5. The second-order valence-electron chi connectivity index (χ2n) is 6.55. The molecule has 0 spiro atoms. The van der Waals surface area contributed by atoms with Crippen molar-refractivity contribution in [3.63, 3.8) is 0 Å². The number of thiophene rings is 1. The molecule has 0 aromatic carbocycles. The molecule has 4 nitrogen and oxygen atoms in total. The number of rotatable bonds is 3. The molecule has 2 aliphatic carbocycles. The Morgan fingerprint density at radius 2 is 1.90 bits per heavy atom. The zero-order chi connectivity index (χ0) is 14.3. The van der Waals surface area contributed by atoms with Crippen molar-refractivity contribution in [3.05, 3.63) is 34.1 Å². The van der Waals surface area contributed by atoms with Gasteiger partial charge in [0.15, 0.2) is 5.82 Å². The average molecular weight is 303 g/mol. The van der Waals surface area contributed by atoms with Crippen LogP contribution in [0.1, 0.15) is 68.0 Å². The number of nitrogens with two attached hydrogens (primary N) is 1. The fourth-order valence-corrected chi connectivity index (χ4v) is 4.65. The Labute approximate surface area is 128 Å². The predicted octanol–water partition coefficient (Wildman–Crippen LogP) is 3.72. The van der Waals surface area contributed by atoms with E-state index in [9.17, 15) is 0 Å². The molecule has 5 heteroatoms. The van der Waals surface area contributed by atoms with E-state index in [1.54, 1.807) is 11.3 Å². The summed E-state index contributed by atoms with van der Waals surface area (Å²) >= 11 is 1.80. The van der Waals surface area contributed by atoms with Crippen LogP contribution in [0.3, 0.4) is 0 Å². The Kier molecular flexibility index (Phi) is 3.15. The third kappa shape index (κ3) is 2.06. The molecule has 0 unspecified atom stereocenters. The van der Waals surface area contributed by atoms with Crippen LogP contribution in [0.4, 0.5) is 0 Å². The van der Waals surface area contributed by atoms with Gasteiger partial charge in [0.05, 0.1) is 11.0 Å². The quantitative estimate of drug-likeness (QED) is 0.938. The van der Waals surface area contributed by atoms with Crippen molar-refractivity contribution in [2.24, 2.45) is 5.73 Å². The highest BCUT2D eigenvalue weighted by Crippen LogP contribution is 2.47. The molecule has 0 saturated heterocycles. The van der Waals surface area contributed by atoms with E-state index in [0.29, 0.717) is 5.82 Å². The van der Waals surface area contributed by atoms with Gasteiger partial charge < -0.3 is 10.3 Å². The van der Waals surface area contributed by atoms with E-state index in [-0.39, 0.29) is 11.0 Å². The summed E-state index contributed by atoms with van der Waals surface area (Å²) in [5, 5.41) is 6.37. The Morgan fingerprint density at radius 3 is 2.52 bits per heavy atom. The zero-order valence-electron chi connectivity index (χ0n) is 12.2. The van der Waals surface area contributed by atoms with Crippen molar-refractivity contribution in [3.8, 4) is 0 Å². The summed E-state index contributed by atoms with van der Waals surface area (Å²) in [6.45, 7) is 0. The molecule has 2 N–H and O–H groups in total. The minimum Gasteiger partial charge on any atom is -0.338 e. The van der Waals surface area contributed by atoms with Crippen molar-refractivity contribution in [1.82, 2.24) is 10.1 Å². The van der Waals surface area contributed by atoms with Crippen LogP contribution < -0.4 is 5.73 Å². The molecule has 2 fully saturated rings. The van der Waals surface area contributed by atoms with Crippen LogP contribution in [0.15, 0.2) is 22.0 Å². The molecule has 2 aliphatic rings. The molecule has 2 heterocycles. The summed E-state index contributed by atoms with van der Waals surface area (Å²) in [6, 6.07) is 4.32. The van der Waals surface area contributed by atoms with E-state index in [4.69, 9.17) is 15.2 Å². The van der Waals surface area contributed by atoms with Crippen LogP contribution in [-0.2, 0) is 11.0 Å². The first-order valence-electron chi connectivity index (χ1n) is 7.91. The number of aromatic nitrogens is 2. The fraction of sp³-hybridized carbons (Fsp3) is 0.625. The van der Waals surface area contributed by atoms with Gasteiger partial charge in [-0.25, -0.2) is 0 Å². The SMILES string of the molecule is NC1(c2noc(C3(c4cccs4)CCCCC3)n2)CCC1. The summed E-state index contributed by atoms with van der Waals surface area (Å²) in [4.78, 5) is 6.12. The molecule has 112 valence electrons. The number of hydrogen-bond donors (Lipinski definition) is 1. The lowest BCUT2D eigenvalue weighted by Crippen LogP contribution is -2.44. The minimum absolute atomic E-state index is 0.0717. The minimum atomic E-state index is -0.340. The largest absolute Gasteiger partial charge is 0.338 e. The van der Waals surface area contributed by atoms with Gasteiger partial charge in [0.25, 0.3) is 0 Å². The first-order valence-corrected chi connectivity index (χ1v) is 8.79. The zero-order valence-corrected chi connectivity index (χ0v) is 13.0. The molecular formula is C16H21N3OS. The van der Waals surface area contributed by atoms with Crippen molar-refractivity contribution >= 4 is 11.3 Å². The molecule has 0 atom stereocenters. The first-order chi connectivity index (χ1) is 10.2. The molecule has 2 aromatic rings. The molecule has 0 radical (unpaired) electrons. The molecule has 21 heavy (non-hydrogen) atoms. The van der Waals surface area contributed by atoms with E-state index >= 15 is 0 Å². The lowest BCUT2D eigenvalue weighted by atomic mass is 9.72. The normalized spacial score (nSPS) is 23.7. The van der Waals surface area contributed by atoms with Crippen molar-refractivity contribution in [1.29, 1.82) is 0 Å². The molecule has 0 aliphatic heterocycles. The highest BCUT2D eigenvalue weighted by atomic mass is 32.1. The molecule has 0 amide bonds. The molecular weight excluding hydrogens is 282 g/mol. The summed E-state index contributed by atoms with van der Waals surface area (Å²) in [7, 11) is 0. The van der Waals surface area contributed by atoms with Gasteiger partial charge >= 0.3 is 0 Å². The Hall–Kier alpha value is -1.20. The maximum Gasteiger partial charge on any atom is 0.238 e. The topological polar surface area (TPSA) is 64.9 Å². The molecule has 4 rings (SSSR count). The Balaban J connectivity index is 1.74. The van der Waals surface area contributed by atoms with Gasteiger partial charge in [-0.05, 0) is 43.6 Å². The van der Waals surface area contributed by atoms with Gasteiger partial charge in [0.1, 0.15) is 0 Å². The van der Waals surface area contributed by atoms with E-state index in [0.717, 1.165) is 38.0 Å². The predicted molar refractivity (Wildman–Crippen MR) is 82.2 cm³/mol. The van der Waals surface area contributed by atoms with Crippen LogP contribution >= 0.6 is 11.3 Å². The summed E-state index contributed by atoms with van der Waals surface area (Å²) in [5.74, 6) is 1.50. The fourth-order valence-electron chi connectivity index (χ4n) is 3.67. The Bertz CT molecular complexity index is 609. The van der Waals surface area contributed by atoms with E-state index in [2.05, 4.69) is 22.7 Å². The van der Waals surface area contributed by atoms with Gasteiger partial charge in [-0.1, -0.05) is 30.5 Å². The Morgan fingerprint density at radius 1 is 1.10 bits per heavy atom. The summed E-state index contributed by atoms with van der Waals surface area (Å²) < 4.78 is 5.72. The van der Waals surface area contributed by atoms with E-state index in [1.165, 1.54) is 24.1 Å². The second kappa shape index (κ2) is 4.92. The van der Waals surface area contributed by atoms with E-state index < -0.39 is 0 Å². The van der Waals surface area contributed by atoms with Crippen molar-refractivity contribution in [2.45, 2.75) is 62.3 Å². The van der Waals surface area contributed by atoms with Crippen LogP contribution in [0.2, 0.25) is 0 Å². The summed E-state index contributed by atoms with van der Waals surface area (Å²) in [5.41, 5.74) is 5.93. The average Bonchev–Trinajstić information content (AvgIpc) is 3.17. The smallest absolute Gasteiger partial charge is 0.238 e. The highest BCUT2D eigenvalue weighted by molar-refractivity contribution is 7.10. The van der Waals surface area contributed by atoms with Gasteiger partial charge in [-0.3, -0.25) is 0 Å². The van der Waals surface area contributed by atoms with Crippen LogP contribution in [-0.4, -0.2) is 10.1 Å².